The molecule has 1 saturated carbocycles. The molecule has 2 aliphatic rings. The molecule has 0 radical (unpaired) electrons. The van der Waals surface area contributed by atoms with Crippen LogP contribution in [-0.2, 0) is 4.79 Å². The zero-order chi connectivity index (χ0) is 14.9. The molecule has 4 heteroatoms. The molecule has 0 spiro atoms. The molecule has 122 valence electrons. The number of hydrogen-bond acceptors (Lipinski definition) is 2. The first-order valence-corrected chi connectivity index (χ1v) is 8.26. The second-order valence-electron chi connectivity index (χ2n) is 6.73. The lowest BCUT2D eigenvalue weighted by Crippen LogP contribution is -2.42. The zero-order valence-electron chi connectivity index (χ0n) is 13.3. The molecule has 3 nitrogen and oxygen atoms in total. The van der Waals surface area contributed by atoms with E-state index < -0.39 is 0 Å². The first kappa shape index (κ1) is 17.3. The zero-order valence-corrected chi connectivity index (χ0v) is 14.1. The Kier molecular flexibility index (Phi) is 5.51. The fourth-order valence-electron chi connectivity index (χ4n) is 4.15. The van der Waals surface area contributed by atoms with Gasteiger partial charge in [0, 0.05) is 30.5 Å². The molecule has 1 aliphatic heterocycles. The smallest absolute Gasteiger partial charge is 0.228 e. The predicted octanol–water partition coefficient (Wildman–Crippen LogP) is 3.33. The number of halogens is 1. The van der Waals surface area contributed by atoms with E-state index in [9.17, 15) is 4.79 Å². The number of hydrogen-bond donors (Lipinski definition) is 1. The number of nitrogens with two attached hydrogens (primary N) is 1. The summed E-state index contributed by atoms with van der Waals surface area (Å²) in [7, 11) is 0. The van der Waals surface area contributed by atoms with E-state index in [-0.39, 0.29) is 29.8 Å². The average Bonchev–Trinajstić information content (AvgIpc) is 3.15. The summed E-state index contributed by atoms with van der Waals surface area (Å²) < 4.78 is 0. The fourth-order valence-corrected chi connectivity index (χ4v) is 4.15. The van der Waals surface area contributed by atoms with Crippen molar-refractivity contribution in [1.29, 1.82) is 0 Å². The molecule has 1 saturated heterocycles. The van der Waals surface area contributed by atoms with E-state index in [4.69, 9.17) is 5.73 Å². The lowest BCUT2D eigenvalue weighted by atomic mass is 9.82. The SMILES string of the molecule is CCC1(C(=O)N2C[C@@H](N)[C@H](c3ccccc3)C2)CCCC1.Cl. The van der Waals surface area contributed by atoms with E-state index in [1.165, 1.54) is 18.4 Å². The van der Waals surface area contributed by atoms with Crippen molar-refractivity contribution in [3.05, 3.63) is 35.9 Å². The normalized spacial score (nSPS) is 26.7. The highest BCUT2D eigenvalue weighted by Crippen LogP contribution is 2.43. The van der Waals surface area contributed by atoms with Crippen LogP contribution in [0, 0.1) is 5.41 Å². The summed E-state index contributed by atoms with van der Waals surface area (Å²) in [6, 6.07) is 10.4. The van der Waals surface area contributed by atoms with E-state index in [1.807, 2.05) is 11.0 Å². The molecule has 1 amide bonds. The molecule has 2 atom stereocenters. The highest BCUT2D eigenvalue weighted by atomic mass is 35.5. The number of rotatable bonds is 3. The van der Waals surface area contributed by atoms with Crippen LogP contribution in [0.2, 0.25) is 0 Å². The van der Waals surface area contributed by atoms with Crippen molar-refractivity contribution in [2.75, 3.05) is 13.1 Å². The maximum Gasteiger partial charge on any atom is 0.228 e. The summed E-state index contributed by atoms with van der Waals surface area (Å²) in [5.74, 6) is 0.641. The second kappa shape index (κ2) is 7.01. The molecule has 0 bridgehead atoms. The summed E-state index contributed by atoms with van der Waals surface area (Å²) in [4.78, 5) is 15.0. The number of benzene rings is 1. The first-order chi connectivity index (χ1) is 10.2. The fraction of sp³-hybridized carbons (Fsp3) is 0.611. The van der Waals surface area contributed by atoms with Crippen molar-refractivity contribution < 1.29 is 4.79 Å². The number of nitrogens with zero attached hydrogens (tertiary/aromatic N) is 1. The molecule has 3 rings (SSSR count). The van der Waals surface area contributed by atoms with E-state index in [2.05, 4.69) is 31.2 Å². The molecule has 22 heavy (non-hydrogen) atoms. The summed E-state index contributed by atoms with van der Waals surface area (Å²) in [5, 5.41) is 0. The van der Waals surface area contributed by atoms with Gasteiger partial charge in [-0.1, -0.05) is 50.1 Å². The van der Waals surface area contributed by atoms with Crippen molar-refractivity contribution in [3.63, 3.8) is 0 Å². The summed E-state index contributed by atoms with van der Waals surface area (Å²) in [5.41, 5.74) is 7.50. The van der Waals surface area contributed by atoms with Crippen LogP contribution in [0.3, 0.4) is 0 Å². The van der Waals surface area contributed by atoms with Gasteiger partial charge < -0.3 is 10.6 Å². The van der Waals surface area contributed by atoms with Gasteiger partial charge in [0.05, 0.1) is 0 Å². The third-order valence-corrected chi connectivity index (χ3v) is 5.57. The molecule has 2 N–H and O–H groups in total. The van der Waals surface area contributed by atoms with E-state index in [1.54, 1.807) is 0 Å². The van der Waals surface area contributed by atoms with Gasteiger partial charge >= 0.3 is 0 Å². The Bertz CT molecular complexity index is 499. The van der Waals surface area contributed by atoms with Crippen LogP contribution in [0.4, 0.5) is 0 Å². The van der Waals surface area contributed by atoms with Gasteiger partial charge in [0.2, 0.25) is 5.91 Å². The number of amides is 1. The highest BCUT2D eigenvalue weighted by molar-refractivity contribution is 5.85. The third-order valence-electron chi connectivity index (χ3n) is 5.57. The van der Waals surface area contributed by atoms with Gasteiger partial charge in [-0.05, 0) is 24.8 Å². The molecule has 1 aromatic rings. The van der Waals surface area contributed by atoms with Crippen LogP contribution in [0.25, 0.3) is 0 Å². The minimum Gasteiger partial charge on any atom is -0.340 e. The van der Waals surface area contributed by atoms with Crippen molar-refractivity contribution >= 4 is 18.3 Å². The molecular formula is C18H27ClN2O. The quantitative estimate of drug-likeness (QED) is 0.927. The molecule has 1 aliphatic carbocycles. The molecule has 1 heterocycles. The van der Waals surface area contributed by atoms with Crippen molar-refractivity contribution in [1.82, 2.24) is 4.90 Å². The van der Waals surface area contributed by atoms with Gasteiger partial charge in [-0.3, -0.25) is 4.79 Å². The molecule has 2 fully saturated rings. The Hall–Kier alpha value is -1.06. The van der Waals surface area contributed by atoms with Crippen LogP contribution < -0.4 is 5.73 Å². The summed E-state index contributed by atoms with van der Waals surface area (Å²) in [6.07, 6.45) is 5.48. The number of carbonyl (C=O) groups excluding carboxylic acids is 1. The van der Waals surface area contributed by atoms with E-state index in [0.29, 0.717) is 12.5 Å². The molecular weight excluding hydrogens is 296 g/mol. The Morgan fingerprint density at radius 1 is 1.23 bits per heavy atom. The van der Waals surface area contributed by atoms with Gasteiger partial charge in [0.15, 0.2) is 0 Å². The molecule has 0 aromatic heterocycles. The number of carbonyl (C=O) groups is 1. The number of likely N-dealkylation sites (tertiary alicyclic amines) is 1. The van der Waals surface area contributed by atoms with Gasteiger partial charge in [0.1, 0.15) is 0 Å². The second-order valence-corrected chi connectivity index (χ2v) is 6.73. The van der Waals surface area contributed by atoms with Crippen LogP contribution in [0.15, 0.2) is 30.3 Å². The summed E-state index contributed by atoms with van der Waals surface area (Å²) in [6.45, 7) is 3.65. The maximum absolute atomic E-state index is 13.0. The maximum atomic E-state index is 13.0. The standard InChI is InChI=1S/C18H26N2O.ClH/c1-2-18(10-6-7-11-18)17(21)20-12-15(16(19)13-20)14-8-4-3-5-9-14;/h3-5,8-9,15-16H,2,6-7,10-13,19H2,1H3;1H/t15-,16+;/m0./s1. The third kappa shape index (κ3) is 3.02. The highest BCUT2D eigenvalue weighted by Gasteiger charge is 2.45. The topological polar surface area (TPSA) is 46.3 Å². The van der Waals surface area contributed by atoms with E-state index >= 15 is 0 Å². The Labute approximate surface area is 139 Å². The lowest BCUT2D eigenvalue weighted by Gasteiger charge is -2.31. The first-order valence-electron chi connectivity index (χ1n) is 8.26. The van der Waals surface area contributed by atoms with Crippen molar-refractivity contribution in [2.45, 2.75) is 51.0 Å². The molecule has 1 aromatic carbocycles. The predicted molar refractivity (Wildman–Crippen MR) is 92.2 cm³/mol. The average molecular weight is 323 g/mol. The minimum absolute atomic E-state index is 0. The van der Waals surface area contributed by atoms with Gasteiger partial charge in [-0.2, -0.15) is 0 Å². The minimum atomic E-state index is -0.0920. The monoisotopic (exact) mass is 322 g/mol. The van der Waals surface area contributed by atoms with Gasteiger partial charge in [-0.25, -0.2) is 0 Å². The largest absolute Gasteiger partial charge is 0.340 e. The molecule has 0 unspecified atom stereocenters. The van der Waals surface area contributed by atoms with E-state index in [0.717, 1.165) is 25.8 Å². The Balaban J connectivity index is 0.00000176. The van der Waals surface area contributed by atoms with Gasteiger partial charge in [-0.15, -0.1) is 12.4 Å². The lowest BCUT2D eigenvalue weighted by molar-refractivity contribution is -0.141. The van der Waals surface area contributed by atoms with Crippen LogP contribution >= 0.6 is 12.4 Å². The van der Waals surface area contributed by atoms with Crippen LogP contribution in [0.1, 0.15) is 50.5 Å². The van der Waals surface area contributed by atoms with Crippen LogP contribution in [0.5, 0.6) is 0 Å². The van der Waals surface area contributed by atoms with Crippen LogP contribution in [-0.4, -0.2) is 29.9 Å². The van der Waals surface area contributed by atoms with Crippen molar-refractivity contribution in [2.24, 2.45) is 11.1 Å². The summed E-state index contributed by atoms with van der Waals surface area (Å²) >= 11 is 0. The Morgan fingerprint density at radius 3 is 2.45 bits per heavy atom. The Morgan fingerprint density at radius 2 is 1.86 bits per heavy atom. The van der Waals surface area contributed by atoms with Gasteiger partial charge in [0.25, 0.3) is 0 Å². The van der Waals surface area contributed by atoms with Crippen molar-refractivity contribution in [3.8, 4) is 0 Å².